The molecule has 1 amide bonds. The maximum atomic E-state index is 12.3. The van der Waals surface area contributed by atoms with Crippen LogP contribution in [0.15, 0.2) is 35.1 Å². The number of para-hydroxylation sites is 1. The molecule has 0 bridgehead atoms. The summed E-state index contributed by atoms with van der Waals surface area (Å²) in [7, 11) is 1.37. The fourth-order valence-electron chi connectivity index (χ4n) is 2.36. The second-order valence-corrected chi connectivity index (χ2v) is 5.24. The Morgan fingerprint density at radius 2 is 1.96 bits per heavy atom. The van der Waals surface area contributed by atoms with Crippen LogP contribution in [0.1, 0.15) is 36.0 Å². The lowest BCUT2D eigenvalue weighted by atomic mass is 10.1. The first-order valence-corrected chi connectivity index (χ1v) is 7.59. The number of H-pyrrole nitrogens is 1. The first-order valence-electron chi connectivity index (χ1n) is 7.59. The van der Waals surface area contributed by atoms with Gasteiger partial charge in [-0.05, 0) is 18.9 Å². The Labute approximate surface area is 133 Å². The molecule has 0 spiro atoms. The number of unbranched alkanes of at least 4 members (excludes halogenated alkanes) is 2. The van der Waals surface area contributed by atoms with E-state index in [-0.39, 0.29) is 17.4 Å². The molecule has 1 aromatic heterocycles. The number of esters is 1. The van der Waals surface area contributed by atoms with Crippen molar-refractivity contribution in [3.05, 3.63) is 46.2 Å². The number of pyridine rings is 1. The zero-order valence-electron chi connectivity index (χ0n) is 13.1. The zero-order chi connectivity index (χ0) is 16.7. The molecule has 0 saturated carbocycles. The molecule has 1 aromatic carbocycles. The van der Waals surface area contributed by atoms with Gasteiger partial charge in [0, 0.05) is 29.9 Å². The molecular formula is C17H20N2O4. The molecule has 0 radical (unpaired) electrons. The summed E-state index contributed by atoms with van der Waals surface area (Å²) in [6, 6.07) is 8.51. The number of carbonyl (C=O) groups is 2. The summed E-state index contributed by atoms with van der Waals surface area (Å²) >= 11 is 0. The van der Waals surface area contributed by atoms with Gasteiger partial charge in [-0.3, -0.25) is 14.4 Å². The van der Waals surface area contributed by atoms with Crippen LogP contribution in [-0.4, -0.2) is 30.5 Å². The van der Waals surface area contributed by atoms with Gasteiger partial charge in [-0.15, -0.1) is 0 Å². The summed E-state index contributed by atoms with van der Waals surface area (Å²) < 4.78 is 4.56. The highest BCUT2D eigenvalue weighted by molar-refractivity contribution is 6.05. The maximum Gasteiger partial charge on any atom is 0.305 e. The van der Waals surface area contributed by atoms with Crippen molar-refractivity contribution < 1.29 is 14.3 Å². The van der Waals surface area contributed by atoms with E-state index in [0.29, 0.717) is 24.0 Å². The average Bonchev–Trinajstić information content (AvgIpc) is 2.56. The van der Waals surface area contributed by atoms with E-state index in [0.717, 1.165) is 24.6 Å². The molecule has 0 fully saturated rings. The lowest BCUT2D eigenvalue weighted by molar-refractivity contribution is -0.140. The van der Waals surface area contributed by atoms with Gasteiger partial charge in [-0.25, -0.2) is 0 Å². The van der Waals surface area contributed by atoms with E-state index in [1.165, 1.54) is 13.2 Å². The molecule has 2 aromatic rings. The number of amides is 1. The summed E-state index contributed by atoms with van der Waals surface area (Å²) in [6.07, 6.45) is 2.72. The predicted molar refractivity (Wildman–Crippen MR) is 87.4 cm³/mol. The molecule has 0 atom stereocenters. The Morgan fingerprint density at radius 1 is 1.17 bits per heavy atom. The van der Waals surface area contributed by atoms with Crippen molar-refractivity contribution >= 4 is 22.8 Å². The SMILES string of the molecule is COC(=O)CCCCCNC(=O)c1cc(=O)[nH]c2ccccc12. The van der Waals surface area contributed by atoms with Crippen molar-refractivity contribution in [3.63, 3.8) is 0 Å². The third kappa shape index (κ3) is 4.67. The molecule has 0 aliphatic rings. The van der Waals surface area contributed by atoms with Crippen molar-refractivity contribution in [2.24, 2.45) is 0 Å². The standard InChI is InChI=1S/C17H20N2O4/c1-23-16(21)9-3-2-6-10-18-17(22)13-11-15(20)19-14-8-5-4-7-12(13)14/h4-5,7-8,11H,2-3,6,9-10H2,1H3,(H,18,22)(H,19,20). The second-order valence-electron chi connectivity index (χ2n) is 5.24. The lowest BCUT2D eigenvalue weighted by Crippen LogP contribution is -2.26. The molecule has 6 heteroatoms. The Hall–Kier alpha value is -2.63. The fraction of sp³-hybridized carbons (Fsp3) is 0.353. The van der Waals surface area contributed by atoms with Crippen LogP contribution in [0.3, 0.4) is 0 Å². The first-order chi connectivity index (χ1) is 11.1. The molecular weight excluding hydrogens is 296 g/mol. The minimum Gasteiger partial charge on any atom is -0.469 e. The van der Waals surface area contributed by atoms with E-state index in [4.69, 9.17) is 0 Å². The topological polar surface area (TPSA) is 88.3 Å². The molecule has 0 unspecified atom stereocenters. The van der Waals surface area contributed by atoms with Crippen molar-refractivity contribution in [3.8, 4) is 0 Å². The highest BCUT2D eigenvalue weighted by Crippen LogP contribution is 2.14. The number of carbonyl (C=O) groups excluding carboxylic acids is 2. The summed E-state index contributed by atoms with van der Waals surface area (Å²) in [4.78, 5) is 37.6. The number of fused-ring (bicyclic) bond motifs is 1. The molecule has 0 aliphatic carbocycles. The van der Waals surface area contributed by atoms with Gasteiger partial charge in [0.05, 0.1) is 12.7 Å². The number of benzene rings is 1. The van der Waals surface area contributed by atoms with Crippen molar-refractivity contribution in [1.29, 1.82) is 0 Å². The van der Waals surface area contributed by atoms with Crippen molar-refractivity contribution in [1.82, 2.24) is 10.3 Å². The smallest absolute Gasteiger partial charge is 0.305 e. The Bertz CT molecular complexity index is 752. The fourth-order valence-corrected chi connectivity index (χ4v) is 2.36. The first kappa shape index (κ1) is 16.7. The van der Waals surface area contributed by atoms with Crippen molar-refractivity contribution in [2.75, 3.05) is 13.7 Å². The molecule has 2 rings (SSSR count). The third-order valence-electron chi connectivity index (χ3n) is 3.57. The van der Waals surface area contributed by atoms with E-state index in [1.54, 1.807) is 18.2 Å². The largest absolute Gasteiger partial charge is 0.469 e. The van der Waals surface area contributed by atoms with Crippen LogP contribution in [0.2, 0.25) is 0 Å². The zero-order valence-corrected chi connectivity index (χ0v) is 13.1. The molecule has 0 aliphatic heterocycles. The van der Waals surface area contributed by atoms with E-state index in [9.17, 15) is 14.4 Å². The normalized spacial score (nSPS) is 10.5. The Morgan fingerprint density at radius 3 is 2.74 bits per heavy atom. The Kier molecular flexibility index (Phi) is 5.91. The van der Waals surface area contributed by atoms with Gasteiger partial charge in [-0.2, -0.15) is 0 Å². The highest BCUT2D eigenvalue weighted by atomic mass is 16.5. The van der Waals surface area contributed by atoms with Gasteiger partial charge in [0.25, 0.3) is 5.91 Å². The number of aromatic amines is 1. The molecule has 0 saturated heterocycles. The van der Waals surface area contributed by atoms with E-state index < -0.39 is 0 Å². The molecule has 122 valence electrons. The van der Waals surface area contributed by atoms with Crippen LogP contribution >= 0.6 is 0 Å². The maximum absolute atomic E-state index is 12.3. The van der Waals surface area contributed by atoms with Gasteiger partial charge in [0.1, 0.15) is 0 Å². The Balaban J connectivity index is 1.89. The van der Waals surface area contributed by atoms with Crippen LogP contribution in [0.4, 0.5) is 0 Å². The summed E-state index contributed by atoms with van der Waals surface area (Å²) in [5, 5.41) is 3.53. The van der Waals surface area contributed by atoms with Crippen LogP contribution in [0.25, 0.3) is 10.9 Å². The van der Waals surface area contributed by atoms with E-state index >= 15 is 0 Å². The molecule has 6 nitrogen and oxygen atoms in total. The van der Waals surface area contributed by atoms with Crippen LogP contribution < -0.4 is 10.9 Å². The number of aromatic nitrogens is 1. The van der Waals surface area contributed by atoms with Crippen LogP contribution in [0, 0.1) is 0 Å². The lowest BCUT2D eigenvalue weighted by Gasteiger charge is -2.07. The van der Waals surface area contributed by atoms with Gasteiger partial charge in [0.2, 0.25) is 5.56 Å². The number of nitrogens with one attached hydrogen (secondary N) is 2. The molecule has 23 heavy (non-hydrogen) atoms. The number of ether oxygens (including phenoxy) is 1. The molecule has 1 heterocycles. The van der Waals surface area contributed by atoms with E-state index in [2.05, 4.69) is 15.0 Å². The van der Waals surface area contributed by atoms with Gasteiger partial charge < -0.3 is 15.0 Å². The second kappa shape index (κ2) is 8.12. The number of hydrogen-bond donors (Lipinski definition) is 2. The predicted octanol–water partition coefficient (Wildman–Crippen LogP) is 1.99. The average molecular weight is 316 g/mol. The monoisotopic (exact) mass is 316 g/mol. The van der Waals surface area contributed by atoms with Gasteiger partial charge in [0.15, 0.2) is 0 Å². The summed E-state index contributed by atoms with van der Waals surface area (Å²) in [5.74, 6) is -0.482. The molecule has 2 N–H and O–H groups in total. The van der Waals surface area contributed by atoms with Gasteiger partial charge in [-0.1, -0.05) is 24.6 Å². The highest BCUT2D eigenvalue weighted by Gasteiger charge is 2.10. The number of rotatable bonds is 7. The van der Waals surface area contributed by atoms with E-state index in [1.807, 2.05) is 6.07 Å². The van der Waals surface area contributed by atoms with Crippen molar-refractivity contribution in [2.45, 2.75) is 25.7 Å². The van der Waals surface area contributed by atoms with Crippen LogP contribution in [0.5, 0.6) is 0 Å². The minimum absolute atomic E-state index is 0.219. The quantitative estimate of drug-likeness (QED) is 0.604. The summed E-state index contributed by atoms with van der Waals surface area (Å²) in [6.45, 7) is 0.501. The number of methoxy groups -OCH3 is 1. The minimum atomic E-state index is -0.299. The van der Waals surface area contributed by atoms with Gasteiger partial charge >= 0.3 is 5.97 Å². The number of hydrogen-bond acceptors (Lipinski definition) is 4. The third-order valence-corrected chi connectivity index (χ3v) is 3.57. The van der Waals surface area contributed by atoms with Crippen LogP contribution in [-0.2, 0) is 9.53 Å². The summed E-state index contributed by atoms with van der Waals surface area (Å²) in [5.41, 5.74) is 0.717.